The van der Waals surface area contributed by atoms with E-state index in [1.165, 1.54) is 19.2 Å². The van der Waals surface area contributed by atoms with Crippen LogP contribution in [0.4, 0.5) is 4.39 Å². The Bertz CT molecular complexity index is 353. The van der Waals surface area contributed by atoms with Crippen LogP contribution in [0.15, 0.2) is 18.2 Å². The Morgan fingerprint density at radius 1 is 1.41 bits per heavy atom. The summed E-state index contributed by atoms with van der Waals surface area (Å²) in [5, 5.41) is 9.19. The third kappa shape index (κ3) is 3.98. The summed E-state index contributed by atoms with van der Waals surface area (Å²) in [4.78, 5) is 0. The number of ether oxygens (including phenoxy) is 2. The van der Waals surface area contributed by atoms with E-state index in [-0.39, 0.29) is 18.5 Å². The first-order valence-corrected chi connectivity index (χ1v) is 5.71. The molecule has 0 unspecified atom stereocenters. The van der Waals surface area contributed by atoms with Gasteiger partial charge in [0.25, 0.3) is 0 Å². The highest BCUT2D eigenvalue weighted by molar-refractivity contribution is 5.35. The minimum absolute atomic E-state index is 0.220. The molecule has 0 heterocycles. The largest absolute Gasteiger partial charge is 0.496 e. The minimum atomic E-state index is -0.538. The fourth-order valence-corrected chi connectivity index (χ4v) is 1.64. The molecule has 0 amide bonds. The summed E-state index contributed by atoms with van der Waals surface area (Å²) in [6.45, 7) is 3.81. The van der Waals surface area contributed by atoms with E-state index in [0.29, 0.717) is 17.7 Å². The van der Waals surface area contributed by atoms with Gasteiger partial charge in [0, 0.05) is 5.56 Å². The fraction of sp³-hybridized carbons (Fsp3) is 0.538. The van der Waals surface area contributed by atoms with Crippen LogP contribution in [0.5, 0.6) is 5.75 Å². The molecule has 1 N–H and O–H groups in total. The average Bonchev–Trinajstić information content (AvgIpc) is 2.30. The number of halogens is 1. The lowest BCUT2D eigenvalue weighted by Crippen LogP contribution is -2.14. The summed E-state index contributed by atoms with van der Waals surface area (Å²) in [5.74, 6) is 0.281. The molecule has 0 spiro atoms. The molecule has 0 fully saturated rings. The minimum Gasteiger partial charge on any atom is -0.496 e. The number of methoxy groups -OCH3 is 1. The van der Waals surface area contributed by atoms with Crippen molar-refractivity contribution in [3.8, 4) is 5.75 Å². The summed E-state index contributed by atoms with van der Waals surface area (Å²) >= 11 is 0. The monoisotopic (exact) mass is 242 g/mol. The summed E-state index contributed by atoms with van der Waals surface area (Å²) in [6.07, 6.45) is -0.120. The van der Waals surface area contributed by atoms with Crippen LogP contribution in [0.1, 0.15) is 31.9 Å². The molecule has 1 aromatic rings. The van der Waals surface area contributed by atoms with Crippen molar-refractivity contribution < 1.29 is 19.0 Å². The van der Waals surface area contributed by atoms with Crippen molar-refractivity contribution in [2.45, 2.75) is 32.5 Å². The Kier molecular flexibility index (Phi) is 5.38. The Balaban J connectivity index is 2.89. The number of aliphatic hydroxyl groups is 1. The van der Waals surface area contributed by atoms with Gasteiger partial charge in [-0.25, -0.2) is 4.39 Å². The number of hydrogen-bond donors (Lipinski definition) is 1. The SMILES string of the molecule is CC[C@H](OC[C@H](C)O)c1cc(F)ccc1OC. The van der Waals surface area contributed by atoms with Crippen LogP contribution in [0.25, 0.3) is 0 Å². The first-order chi connectivity index (χ1) is 8.08. The van der Waals surface area contributed by atoms with Gasteiger partial charge in [-0.3, -0.25) is 0 Å². The molecule has 0 aliphatic heterocycles. The highest BCUT2D eigenvalue weighted by Gasteiger charge is 2.16. The van der Waals surface area contributed by atoms with Crippen molar-refractivity contribution in [1.82, 2.24) is 0 Å². The summed E-state index contributed by atoms with van der Waals surface area (Å²) in [5.41, 5.74) is 0.677. The molecule has 0 saturated carbocycles. The first-order valence-electron chi connectivity index (χ1n) is 5.71. The van der Waals surface area contributed by atoms with Crippen LogP contribution >= 0.6 is 0 Å². The molecule has 1 rings (SSSR count). The summed E-state index contributed by atoms with van der Waals surface area (Å²) < 4.78 is 23.9. The van der Waals surface area contributed by atoms with E-state index < -0.39 is 6.10 Å². The van der Waals surface area contributed by atoms with E-state index in [9.17, 15) is 9.50 Å². The fourth-order valence-electron chi connectivity index (χ4n) is 1.64. The maximum Gasteiger partial charge on any atom is 0.124 e. The van der Waals surface area contributed by atoms with E-state index in [1.807, 2.05) is 6.92 Å². The number of benzene rings is 1. The van der Waals surface area contributed by atoms with Crippen molar-refractivity contribution >= 4 is 0 Å². The lowest BCUT2D eigenvalue weighted by molar-refractivity contribution is -0.00645. The average molecular weight is 242 g/mol. The smallest absolute Gasteiger partial charge is 0.124 e. The van der Waals surface area contributed by atoms with E-state index in [4.69, 9.17) is 9.47 Å². The van der Waals surface area contributed by atoms with Gasteiger partial charge >= 0.3 is 0 Å². The van der Waals surface area contributed by atoms with Gasteiger partial charge in [-0.15, -0.1) is 0 Å². The Labute approximate surface area is 101 Å². The maximum atomic E-state index is 13.2. The Morgan fingerprint density at radius 2 is 2.12 bits per heavy atom. The molecule has 2 atom stereocenters. The van der Waals surface area contributed by atoms with Crippen LogP contribution < -0.4 is 4.74 Å². The van der Waals surface area contributed by atoms with Crippen molar-refractivity contribution in [3.05, 3.63) is 29.6 Å². The zero-order chi connectivity index (χ0) is 12.8. The lowest BCUT2D eigenvalue weighted by atomic mass is 10.1. The Morgan fingerprint density at radius 3 is 2.65 bits per heavy atom. The van der Waals surface area contributed by atoms with Gasteiger partial charge in [0.1, 0.15) is 11.6 Å². The van der Waals surface area contributed by atoms with Gasteiger partial charge < -0.3 is 14.6 Å². The van der Waals surface area contributed by atoms with Crippen LogP contribution in [-0.2, 0) is 4.74 Å². The molecule has 17 heavy (non-hydrogen) atoms. The van der Waals surface area contributed by atoms with Gasteiger partial charge in [0.05, 0.1) is 25.9 Å². The zero-order valence-corrected chi connectivity index (χ0v) is 10.4. The highest BCUT2D eigenvalue weighted by Crippen LogP contribution is 2.30. The predicted molar refractivity (Wildman–Crippen MR) is 63.6 cm³/mol. The van der Waals surface area contributed by atoms with Crippen molar-refractivity contribution in [2.75, 3.05) is 13.7 Å². The molecule has 0 radical (unpaired) electrons. The van der Waals surface area contributed by atoms with E-state index >= 15 is 0 Å². The third-order valence-electron chi connectivity index (χ3n) is 2.45. The predicted octanol–water partition coefficient (Wildman–Crippen LogP) is 2.68. The van der Waals surface area contributed by atoms with Gasteiger partial charge in [0.15, 0.2) is 0 Å². The van der Waals surface area contributed by atoms with Crippen LogP contribution in [-0.4, -0.2) is 24.9 Å². The van der Waals surface area contributed by atoms with Crippen LogP contribution in [0.3, 0.4) is 0 Å². The zero-order valence-electron chi connectivity index (χ0n) is 10.4. The first kappa shape index (κ1) is 13.9. The molecule has 3 nitrogen and oxygen atoms in total. The molecule has 0 aliphatic rings. The lowest BCUT2D eigenvalue weighted by Gasteiger charge is -2.20. The molecule has 4 heteroatoms. The van der Waals surface area contributed by atoms with Crippen molar-refractivity contribution in [2.24, 2.45) is 0 Å². The molecule has 96 valence electrons. The molecule has 1 aromatic carbocycles. The van der Waals surface area contributed by atoms with E-state index in [2.05, 4.69) is 0 Å². The second kappa shape index (κ2) is 6.57. The standard InChI is InChI=1S/C13H19FO3/c1-4-12(17-8-9(2)15)11-7-10(14)5-6-13(11)16-3/h5-7,9,12,15H,4,8H2,1-3H3/t9-,12-/m0/s1. The number of hydrogen-bond acceptors (Lipinski definition) is 3. The molecular weight excluding hydrogens is 223 g/mol. The third-order valence-corrected chi connectivity index (χ3v) is 2.45. The van der Waals surface area contributed by atoms with Gasteiger partial charge in [-0.1, -0.05) is 6.92 Å². The second-order valence-electron chi connectivity index (χ2n) is 3.97. The summed E-state index contributed by atoms with van der Waals surface area (Å²) in [7, 11) is 1.54. The number of aliphatic hydroxyl groups excluding tert-OH is 1. The maximum absolute atomic E-state index is 13.2. The number of rotatable bonds is 6. The highest BCUT2D eigenvalue weighted by atomic mass is 19.1. The molecule has 0 aromatic heterocycles. The van der Waals surface area contributed by atoms with Gasteiger partial charge in [-0.2, -0.15) is 0 Å². The Hall–Kier alpha value is -1.13. The van der Waals surface area contributed by atoms with E-state index in [0.717, 1.165) is 0 Å². The van der Waals surface area contributed by atoms with Gasteiger partial charge in [0.2, 0.25) is 0 Å². The molecule has 0 saturated heterocycles. The summed E-state index contributed by atoms with van der Waals surface area (Å²) in [6, 6.07) is 4.35. The van der Waals surface area contributed by atoms with Crippen molar-refractivity contribution in [3.63, 3.8) is 0 Å². The van der Waals surface area contributed by atoms with Crippen LogP contribution in [0, 0.1) is 5.82 Å². The molecule has 0 bridgehead atoms. The normalized spacial score (nSPS) is 14.4. The van der Waals surface area contributed by atoms with Crippen LogP contribution in [0.2, 0.25) is 0 Å². The topological polar surface area (TPSA) is 38.7 Å². The second-order valence-corrected chi connectivity index (χ2v) is 3.97. The molecule has 0 aliphatic carbocycles. The molecular formula is C13H19FO3. The quantitative estimate of drug-likeness (QED) is 0.833. The van der Waals surface area contributed by atoms with E-state index in [1.54, 1.807) is 13.0 Å². The van der Waals surface area contributed by atoms with Crippen molar-refractivity contribution in [1.29, 1.82) is 0 Å². The van der Waals surface area contributed by atoms with Gasteiger partial charge in [-0.05, 0) is 31.5 Å².